The number of nitrogens with one attached hydrogen (secondary N) is 2. The van der Waals surface area contributed by atoms with Crippen LogP contribution >= 0.6 is 0 Å². The van der Waals surface area contributed by atoms with Crippen molar-refractivity contribution < 1.29 is 0 Å². The van der Waals surface area contributed by atoms with E-state index >= 15 is 0 Å². The van der Waals surface area contributed by atoms with Crippen molar-refractivity contribution in [3.05, 3.63) is 0 Å². The predicted molar refractivity (Wildman–Crippen MR) is 27.7 cm³/mol. The summed E-state index contributed by atoms with van der Waals surface area (Å²) in [5.41, 5.74) is 6.41. The van der Waals surface area contributed by atoms with Gasteiger partial charge in [0.1, 0.15) is 0 Å². The smallest absolute Gasteiger partial charge is 0.0228 e. The van der Waals surface area contributed by atoms with Gasteiger partial charge in [-0.3, -0.25) is 10.9 Å². The van der Waals surface area contributed by atoms with Gasteiger partial charge in [-0.1, -0.05) is 0 Å². The van der Waals surface area contributed by atoms with Crippen molar-refractivity contribution in [3.63, 3.8) is 0 Å². The molecule has 2 nitrogen and oxygen atoms in total. The fourth-order valence-corrected chi connectivity index (χ4v) is 1.48. The number of hydrogen-bond acceptors (Lipinski definition) is 2. The van der Waals surface area contributed by atoms with E-state index in [0.717, 1.165) is 12.1 Å². The van der Waals surface area contributed by atoms with E-state index in [2.05, 4.69) is 10.9 Å². The zero-order valence-corrected chi connectivity index (χ0v) is 4.28. The first-order chi connectivity index (χ1) is 3.45. The minimum atomic E-state index is 0.810. The van der Waals surface area contributed by atoms with Crippen molar-refractivity contribution >= 4 is 0 Å². The molecule has 1 heterocycles. The number of hydrogen-bond donors (Lipinski definition) is 2. The van der Waals surface area contributed by atoms with Crippen molar-refractivity contribution in [3.8, 4) is 0 Å². The van der Waals surface area contributed by atoms with E-state index in [0.29, 0.717) is 0 Å². The fourth-order valence-electron chi connectivity index (χ4n) is 1.48. The molecule has 0 radical (unpaired) electrons. The molecule has 2 fully saturated rings. The van der Waals surface area contributed by atoms with Gasteiger partial charge in [0, 0.05) is 12.1 Å². The highest BCUT2D eigenvalue weighted by atomic mass is 15.4. The Hall–Kier alpha value is -0.0800. The SMILES string of the molecule is C1CC2CC1NN2. The Labute approximate surface area is 43.3 Å². The first-order valence-corrected chi connectivity index (χ1v) is 2.96. The molecule has 1 aliphatic carbocycles. The van der Waals surface area contributed by atoms with Crippen molar-refractivity contribution in [1.82, 2.24) is 10.9 Å². The summed E-state index contributed by atoms with van der Waals surface area (Å²) in [7, 11) is 0. The third kappa shape index (κ3) is 0.469. The second kappa shape index (κ2) is 1.20. The molecule has 1 saturated heterocycles. The number of rotatable bonds is 0. The Bertz CT molecular complexity index is 64.1. The Balaban J connectivity index is 2.12. The lowest BCUT2D eigenvalue weighted by Crippen LogP contribution is -2.37. The summed E-state index contributed by atoms with van der Waals surface area (Å²) in [6.07, 6.45) is 4.13. The monoisotopic (exact) mass is 98.1 g/mol. The number of hydrazine groups is 1. The zero-order valence-electron chi connectivity index (χ0n) is 4.28. The molecule has 0 aromatic heterocycles. The zero-order chi connectivity index (χ0) is 4.69. The van der Waals surface area contributed by atoms with Crippen molar-refractivity contribution in [2.45, 2.75) is 31.3 Å². The van der Waals surface area contributed by atoms with E-state index in [1.165, 1.54) is 19.3 Å². The largest absolute Gasteiger partial charge is 0.254 e. The normalized spacial score (nSPS) is 48.0. The van der Waals surface area contributed by atoms with E-state index < -0.39 is 0 Å². The van der Waals surface area contributed by atoms with Crippen LogP contribution in [0.5, 0.6) is 0 Å². The van der Waals surface area contributed by atoms with Crippen molar-refractivity contribution in [1.29, 1.82) is 0 Å². The van der Waals surface area contributed by atoms with Crippen LogP contribution in [0.15, 0.2) is 0 Å². The van der Waals surface area contributed by atoms with Gasteiger partial charge in [-0.2, -0.15) is 0 Å². The highest BCUT2D eigenvalue weighted by Gasteiger charge is 2.29. The minimum absolute atomic E-state index is 0.810. The molecule has 40 valence electrons. The van der Waals surface area contributed by atoms with Gasteiger partial charge in [0.2, 0.25) is 0 Å². The summed E-state index contributed by atoms with van der Waals surface area (Å²) in [6, 6.07) is 1.62. The van der Waals surface area contributed by atoms with Crippen LogP contribution in [-0.2, 0) is 0 Å². The lowest BCUT2D eigenvalue weighted by Gasteiger charge is -2.10. The van der Waals surface area contributed by atoms with Crippen LogP contribution in [0.3, 0.4) is 0 Å². The summed E-state index contributed by atoms with van der Waals surface area (Å²) in [5.74, 6) is 0. The molecule has 0 aromatic rings. The topological polar surface area (TPSA) is 24.1 Å². The molecule has 2 bridgehead atoms. The third-order valence-electron chi connectivity index (χ3n) is 1.92. The second-order valence-electron chi connectivity index (χ2n) is 2.50. The van der Waals surface area contributed by atoms with Gasteiger partial charge < -0.3 is 0 Å². The van der Waals surface area contributed by atoms with Gasteiger partial charge in [0.25, 0.3) is 0 Å². The molecule has 2 N–H and O–H groups in total. The maximum atomic E-state index is 3.21. The van der Waals surface area contributed by atoms with Crippen LogP contribution in [-0.4, -0.2) is 12.1 Å². The highest BCUT2D eigenvalue weighted by molar-refractivity contribution is 4.89. The van der Waals surface area contributed by atoms with Crippen LogP contribution in [0.1, 0.15) is 19.3 Å². The Morgan fingerprint density at radius 1 is 1.00 bits per heavy atom. The van der Waals surface area contributed by atoms with Crippen LogP contribution in [0, 0.1) is 0 Å². The maximum Gasteiger partial charge on any atom is 0.0228 e. The van der Waals surface area contributed by atoms with E-state index in [9.17, 15) is 0 Å². The van der Waals surface area contributed by atoms with Gasteiger partial charge in [-0.25, -0.2) is 0 Å². The molecule has 2 heteroatoms. The van der Waals surface area contributed by atoms with Crippen molar-refractivity contribution in [2.24, 2.45) is 0 Å². The van der Waals surface area contributed by atoms with Gasteiger partial charge in [-0.05, 0) is 19.3 Å². The molecule has 0 amide bonds. The highest BCUT2D eigenvalue weighted by Crippen LogP contribution is 2.22. The van der Waals surface area contributed by atoms with Crippen molar-refractivity contribution in [2.75, 3.05) is 0 Å². The van der Waals surface area contributed by atoms with Crippen LogP contribution in [0.25, 0.3) is 0 Å². The lowest BCUT2D eigenvalue weighted by atomic mass is 10.3. The predicted octanol–water partition coefficient (Wildman–Crippen LogP) is 0.0153. The van der Waals surface area contributed by atoms with E-state index in [4.69, 9.17) is 0 Å². The molecule has 0 spiro atoms. The molecule has 1 saturated carbocycles. The summed E-state index contributed by atoms with van der Waals surface area (Å²) in [6.45, 7) is 0. The summed E-state index contributed by atoms with van der Waals surface area (Å²) >= 11 is 0. The van der Waals surface area contributed by atoms with E-state index in [1.54, 1.807) is 0 Å². The van der Waals surface area contributed by atoms with Gasteiger partial charge >= 0.3 is 0 Å². The Morgan fingerprint density at radius 2 is 1.57 bits per heavy atom. The minimum Gasteiger partial charge on any atom is -0.254 e. The van der Waals surface area contributed by atoms with Crippen LogP contribution in [0.4, 0.5) is 0 Å². The molecule has 1 aliphatic heterocycles. The molecular formula is C5H10N2. The second-order valence-corrected chi connectivity index (χ2v) is 2.50. The standard InChI is InChI=1S/C5H10N2/c1-2-5-3-4(1)6-7-5/h4-7H,1-3H2. The molecule has 2 atom stereocenters. The Kier molecular flexibility index (Phi) is 0.664. The van der Waals surface area contributed by atoms with Gasteiger partial charge in [-0.15, -0.1) is 0 Å². The van der Waals surface area contributed by atoms with Gasteiger partial charge in [0.05, 0.1) is 0 Å². The lowest BCUT2D eigenvalue weighted by molar-refractivity contribution is 0.437. The molecule has 2 aliphatic rings. The summed E-state index contributed by atoms with van der Waals surface area (Å²) < 4.78 is 0. The quantitative estimate of drug-likeness (QED) is 0.446. The van der Waals surface area contributed by atoms with Crippen LogP contribution in [0.2, 0.25) is 0 Å². The Morgan fingerprint density at radius 3 is 1.71 bits per heavy atom. The molecule has 2 unspecified atom stereocenters. The summed E-state index contributed by atoms with van der Waals surface area (Å²) in [5, 5.41) is 0. The molecule has 7 heavy (non-hydrogen) atoms. The maximum absolute atomic E-state index is 3.21. The van der Waals surface area contributed by atoms with Gasteiger partial charge in [0.15, 0.2) is 0 Å². The first kappa shape index (κ1) is 3.87. The average Bonchev–Trinajstić information content (AvgIpc) is 2.22. The summed E-state index contributed by atoms with van der Waals surface area (Å²) in [4.78, 5) is 0. The average molecular weight is 98.1 g/mol. The third-order valence-corrected chi connectivity index (χ3v) is 1.92. The number of fused-ring (bicyclic) bond motifs is 2. The van der Waals surface area contributed by atoms with E-state index in [-0.39, 0.29) is 0 Å². The first-order valence-electron chi connectivity index (χ1n) is 2.96. The molecule has 0 aromatic carbocycles. The fraction of sp³-hybridized carbons (Fsp3) is 1.00. The van der Waals surface area contributed by atoms with E-state index in [1.807, 2.05) is 0 Å². The molecular weight excluding hydrogens is 88.1 g/mol. The van der Waals surface area contributed by atoms with Crippen LogP contribution < -0.4 is 10.9 Å². The molecule has 2 rings (SSSR count).